The Morgan fingerprint density at radius 3 is 2.87 bits per heavy atom. The van der Waals surface area contributed by atoms with E-state index in [0.717, 1.165) is 11.3 Å². The molecule has 5 heteroatoms. The molecule has 0 aromatic carbocycles. The molecule has 0 saturated carbocycles. The molecule has 0 fully saturated rings. The molecule has 0 saturated heterocycles. The van der Waals surface area contributed by atoms with E-state index in [9.17, 15) is 4.79 Å². The van der Waals surface area contributed by atoms with Crippen LogP contribution in [-0.4, -0.2) is 22.4 Å². The first-order valence-electron chi connectivity index (χ1n) is 4.65. The summed E-state index contributed by atoms with van der Waals surface area (Å²) in [7, 11) is 0. The lowest BCUT2D eigenvalue weighted by molar-refractivity contribution is -0.138. The molecule has 1 heterocycles. The van der Waals surface area contributed by atoms with Crippen molar-refractivity contribution in [2.75, 3.05) is 0 Å². The number of carbonyl (C=O) groups is 1. The van der Waals surface area contributed by atoms with Crippen LogP contribution in [0.2, 0.25) is 0 Å². The maximum atomic E-state index is 10.6. The van der Waals surface area contributed by atoms with Crippen LogP contribution in [-0.2, 0) is 10.5 Å². The number of carboxylic acids is 1. The summed E-state index contributed by atoms with van der Waals surface area (Å²) in [5.74, 6) is 0.566. The van der Waals surface area contributed by atoms with Gasteiger partial charge in [-0.2, -0.15) is 0 Å². The van der Waals surface area contributed by atoms with Crippen LogP contribution in [0.5, 0.6) is 0 Å². The Morgan fingerprint density at radius 1 is 1.73 bits per heavy atom. The van der Waals surface area contributed by atoms with E-state index in [1.54, 1.807) is 6.26 Å². The largest absolute Gasteiger partial charge is 0.480 e. The molecule has 84 valence electrons. The number of aryl methyl sites for hydroxylation is 1. The lowest BCUT2D eigenvalue weighted by Gasteiger charge is -2.14. The van der Waals surface area contributed by atoms with Gasteiger partial charge >= 0.3 is 5.97 Å². The van der Waals surface area contributed by atoms with Crippen molar-refractivity contribution in [3.63, 3.8) is 0 Å². The molecule has 0 aliphatic carbocycles. The van der Waals surface area contributed by atoms with Crippen molar-refractivity contribution in [2.45, 2.75) is 30.9 Å². The van der Waals surface area contributed by atoms with E-state index in [-0.39, 0.29) is 5.25 Å². The van der Waals surface area contributed by atoms with E-state index >= 15 is 0 Å². The van der Waals surface area contributed by atoms with Crippen molar-refractivity contribution in [2.24, 2.45) is 5.73 Å². The van der Waals surface area contributed by atoms with Crippen LogP contribution in [0.3, 0.4) is 0 Å². The van der Waals surface area contributed by atoms with Crippen molar-refractivity contribution in [3.8, 4) is 0 Å². The summed E-state index contributed by atoms with van der Waals surface area (Å²) in [5, 5.41) is 8.57. The zero-order valence-corrected chi connectivity index (χ0v) is 9.58. The second-order valence-electron chi connectivity index (χ2n) is 3.41. The smallest absolute Gasteiger partial charge is 0.321 e. The molecular weight excluding hydrogens is 214 g/mol. The van der Waals surface area contributed by atoms with Gasteiger partial charge in [0.15, 0.2) is 0 Å². The Hall–Kier alpha value is -0.940. The lowest BCUT2D eigenvalue weighted by Crippen LogP contribution is -2.38. The predicted octanol–water partition coefficient (Wildman–Crippen LogP) is 1.62. The third-order valence-electron chi connectivity index (χ3n) is 2.24. The van der Waals surface area contributed by atoms with Gasteiger partial charge in [-0.15, -0.1) is 11.8 Å². The highest BCUT2D eigenvalue weighted by atomic mass is 32.2. The standard InChI is InChI=1S/C10H15NO3S/c1-6-3-4-14-8(6)5-15-7(2)9(11)10(12)13/h3-4,7,9H,5,11H2,1-2H3,(H,12,13). The first-order valence-corrected chi connectivity index (χ1v) is 5.70. The first-order chi connectivity index (χ1) is 7.02. The van der Waals surface area contributed by atoms with Crippen molar-refractivity contribution in [1.29, 1.82) is 0 Å². The first kappa shape index (κ1) is 12.1. The van der Waals surface area contributed by atoms with Crippen molar-refractivity contribution in [3.05, 3.63) is 23.7 Å². The SMILES string of the molecule is Cc1ccoc1CSC(C)C(N)C(=O)O. The van der Waals surface area contributed by atoms with Gasteiger partial charge in [0, 0.05) is 5.25 Å². The van der Waals surface area contributed by atoms with Gasteiger partial charge in [0.25, 0.3) is 0 Å². The lowest BCUT2D eigenvalue weighted by atomic mass is 10.2. The second kappa shape index (κ2) is 5.23. The Balaban J connectivity index is 2.44. The number of thioether (sulfide) groups is 1. The Labute approximate surface area is 92.8 Å². The molecule has 0 bridgehead atoms. The molecule has 0 aliphatic heterocycles. The third-order valence-corrected chi connectivity index (χ3v) is 3.48. The molecule has 1 rings (SSSR count). The van der Waals surface area contributed by atoms with E-state index in [4.69, 9.17) is 15.3 Å². The summed E-state index contributed by atoms with van der Waals surface area (Å²) in [6.07, 6.45) is 1.63. The van der Waals surface area contributed by atoms with Crippen molar-refractivity contribution in [1.82, 2.24) is 0 Å². The van der Waals surface area contributed by atoms with E-state index < -0.39 is 12.0 Å². The van der Waals surface area contributed by atoms with Gasteiger partial charge in [0.1, 0.15) is 11.8 Å². The molecule has 15 heavy (non-hydrogen) atoms. The van der Waals surface area contributed by atoms with Crippen LogP contribution in [0, 0.1) is 6.92 Å². The highest BCUT2D eigenvalue weighted by Gasteiger charge is 2.20. The molecule has 0 spiro atoms. The van der Waals surface area contributed by atoms with Gasteiger partial charge in [0.05, 0.1) is 12.0 Å². The highest BCUT2D eigenvalue weighted by molar-refractivity contribution is 7.99. The molecule has 4 nitrogen and oxygen atoms in total. The van der Waals surface area contributed by atoms with Crippen molar-refractivity contribution < 1.29 is 14.3 Å². The Morgan fingerprint density at radius 2 is 2.40 bits per heavy atom. The fourth-order valence-electron chi connectivity index (χ4n) is 1.06. The average molecular weight is 229 g/mol. The summed E-state index contributed by atoms with van der Waals surface area (Å²) >= 11 is 1.49. The van der Waals surface area contributed by atoms with Gasteiger partial charge in [0.2, 0.25) is 0 Å². The van der Waals surface area contributed by atoms with Gasteiger partial charge in [-0.25, -0.2) is 0 Å². The summed E-state index contributed by atoms with van der Waals surface area (Å²) in [6.45, 7) is 3.77. The quantitative estimate of drug-likeness (QED) is 0.802. The molecule has 0 amide bonds. The van der Waals surface area contributed by atoms with Crippen molar-refractivity contribution >= 4 is 17.7 Å². The molecule has 0 aliphatic rings. The molecule has 1 aromatic heterocycles. The highest BCUT2D eigenvalue weighted by Crippen LogP contribution is 2.22. The number of rotatable bonds is 5. The molecule has 1 aromatic rings. The zero-order valence-electron chi connectivity index (χ0n) is 8.77. The maximum absolute atomic E-state index is 10.6. The van der Waals surface area contributed by atoms with Crippen LogP contribution in [0.25, 0.3) is 0 Å². The molecule has 2 atom stereocenters. The van der Waals surface area contributed by atoms with Crippen LogP contribution >= 0.6 is 11.8 Å². The fourth-order valence-corrected chi connectivity index (χ4v) is 2.10. The van der Waals surface area contributed by atoms with Gasteiger partial charge in [-0.1, -0.05) is 6.92 Å². The normalized spacial score (nSPS) is 14.9. The molecule has 3 N–H and O–H groups in total. The van der Waals surface area contributed by atoms with E-state index in [2.05, 4.69) is 0 Å². The minimum absolute atomic E-state index is 0.132. The maximum Gasteiger partial charge on any atom is 0.321 e. The number of furan rings is 1. The molecular formula is C10H15NO3S. The van der Waals surface area contributed by atoms with E-state index in [0.29, 0.717) is 5.75 Å². The Bertz CT molecular complexity index is 337. The number of nitrogens with two attached hydrogens (primary N) is 1. The number of aliphatic carboxylic acids is 1. The molecule has 0 radical (unpaired) electrons. The second-order valence-corrected chi connectivity index (χ2v) is 4.77. The van der Waals surface area contributed by atoms with Gasteiger partial charge < -0.3 is 15.3 Å². The summed E-state index contributed by atoms with van der Waals surface area (Å²) < 4.78 is 5.25. The van der Waals surface area contributed by atoms with Crippen LogP contribution in [0.15, 0.2) is 16.7 Å². The molecule has 2 unspecified atom stereocenters. The fraction of sp³-hybridized carbons (Fsp3) is 0.500. The minimum atomic E-state index is -0.967. The number of hydrogen-bond acceptors (Lipinski definition) is 4. The minimum Gasteiger partial charge on any atom is -0.480 e. The third kappa shape index (κ3) is 3.28. The van der Waals surface area contributed by atoms with Crippen LogP contribution in [0.1, 0.15) is 18.2 Å². The zero-order chi connectivity index (χ0) is 11.4. The van der Waals surface area contributed by atoms with Crippen LogP contribution in [0.4, 0.5) is 0 Å². The van der Waals surface area contributed by atoms with Gasteiger partial charge in [-0.3, -0.25) is 4.79 Å². The van der Waals surface area contributed by atoms with E-state index in [1.165, 1.54) is 11.8 Å². The Kier molecular flexibility index (Phi) is 4.23. The summed E-state index contributed by atoms with van der Waals surface area (Å²) in [5.41, 5.74) is 6.57. The summed E-state index contributed by atoms with van der Waals surface area (Å²) in [6, 6.07) is 1.06. The average Bonchev–Trinajstić information content (AvgIpc) is 2.59. The predicted molar refractivity (Wildman–Crippen MR) is 59.8 cm³/mol. The topological polar surface area (TPSA) is 76.5 Å². The monoisotopic (exact) mass is 229 g/mol. The van der Waals surface area contributed by atoms with Crippen LogP contribution < -0.4 is 5.73 Å². The van der Waals surface area contributed by atoms with E-state index in [1.807, 2.05) is 19.9 Å². The van der Waals surface area contributed by atoms with Gasteiger partial charge in [-0.05, 0) is 18.6 Å². The summed E-state index contributed by atoms with van der Waals surface area (Å²) in [4.78, 5) is 10.6. The number of carboxylic acid groups (broad SMARTS) is 1. The number of hydrogen-bond donors (Lipinski definition) is 2.